The molecule has 2 saturated heterocycles. The molecule has 7 heteroatoms. The SMILES string of the molecule is CC(NC[C@H]1[C@@H](CC=CCCCC(=O)O)[C@H]2CC[C@@H]1O2)C(=O)Nc1ccc(O)cc1. The molecule has 0 aliphatic carbocycles. The molecule has 0 aromatic heterocycles. The van der Waals surface area contributed by atoms with Crippen molar-refractivity contribution in [2.24, 2.45) is 11.8 Å². The average Bonchev–Trinajstić information content (AvgIpc) is 3.32. The number of rotatable bonds is 11. The van der Waals surface area contributed by atoms with Crippen molar-refractivity contribution in [3.8, 4) is 5.75 Å². The molecular formula is C23H32N2O5. The van der Waals surface area contributed by atoms with E-state index in [9.17, 15) is 14.7 Å². The zero-order chi connectivity index (χ0) is 21.5. The van der Waals surface area contributed by atoms with E-state index >= 15 is 0 Å². The van der Waals surface area contributed by atoms with E-state index < -0.39 is 5.97 Å². The van der Waals surface area contributed by atoms with E-state index in [1.165, 1.54) is 0 Å². The molecule has 0 radical (unpaired) electrons. The summed E-state index contributed by atoms with van der Waals surface area (Å²) >= 11 is 0. The highest BCUT2D eigenvalue weighted by Gasteiger charge is 2.47. The topological polar surface area (TPSA) is 108 Å². The first-order valence-electron chi connectivity index (χ1n) is 10.8. The number of phenolic OH excluding ortho intramolecular Hbond substituents is 1. The molecule has 4 N–H and O–H groups in total. The second kappa shape index (κ2) is 10.6. The average molecular weight is 417 g/mol. The molecule has 2 aliphatic rings. The van der Waals surface area contributed by atoms with Crippen molar-refractivity contribution in [1.82, 2.24) is 5.32 Å². The highest BCUT2D eigenvalue weighted by Crippen LogP contribution is 2.44. The number of carbonyl (C=O) groups is 2. The van der Waals surface area contributed by atoms with E-state index in [1.807, 2.05) is 6.92 Å². The Balaban J connectivity index is 1.45. The molecule has 2 fully saturated rings. The number of anilines is 1. The van der Waals surface area contributed by atoms with Crippen molar-refractivity contribution < 1.29 is 24.5 Å². The molecule has 164 valence electrons. The van der Waals surface area contributed by atoms with Gasteiger partial charge in [-0.25, -0.2) is 0 Å². The molecule has 1 aromatic rings. The third kappa shape index (κ3) is 6.06. The molecule has 2 aliphatic heterocycles. The second-order valence-electron chi connectivity index (χ2n) is 8.28. The van der Waals surface area contributed by atoms with Gasteiger partial charge in [-0.2, -0.15) is 0 Å². The predicted molar refractivity (Wildman–Crippen MR) is 114 cm³/mol. The Morgan fingerprint density at radius 2 is 1.87 bits per heavy atom. The van der Waals surface area contributed by atoms with E-state index in [2.05, 4.69) is 22.8 Å². The molecule has 30 heavy (non-hydrogen) atoms. The Hall–Kier alpha value is -2.38. The number of fused-ring (bicyclic) bond motifs is 2. The number of phenols is 1. The Morgan fingerprint density at radius 1 is 1.17 bits per heavy atom. The normalized spacial score (nSPS) is 26.2. The molecule has 2 bridgehead atoms. The van der Waals surface area contributed by atoms with Crippen molar-refractivity contribution in [2.75, 3.05) is 11.9 Å². The van der Waals surface area contributed by atoms with Gasteiger partial charge in [0.15, 0.2) is 0 Å². The van der Waals surface area contributed by atoms with Crippen LogP contribution in [0.3, 0.4) is 0 Å². The minimum Gasteiger partial charge on any atom is -0.508 e. The van der Waals surface area contributed by atoms with Crippen LogP contribution in [0.5, 0.6) is 5.75 Å². The van der Waals surface area contributed by atoms with Crippen molar-refractivity contribution in [3.05, 3.63) is 36.4 Å². The highest BCUT2D eigenvalue weighted by molar-refractivity contribution is 5.94. The van der Waals surface area contributed by atoms with Crippen molar-refractivity contribution >= 4 is 17.6 Å². The third-order valence-corrected chi connectivity index (χ3v) is 6.11. The van der Waals surface area contributed by atoms with Gasteiger partial charge in [-0.05, 0) is 69.2 Å². The molecule has 7 nitrogen and oxygen atoms in total. The minimum atomic E-state index is -0.750. The van der Waals surface area contributed by atoms with Crippen LogP contribution in [0.1, 0.15) is 45.4 Å². The van der Waals surface area contributed by atoms with E-state index in [1.54, 1.807) is 24.3 Å². The Morgan fingerprint density at radius 3 is 2.57 bits per heavy atom. The number of carboxylic acid groups (broad SMARTS) is 1. The number of carboxylic acids is 1. The van der Waals surface area contributed by atoms with Crippen LogP contribution in [-0.2, 0) is 14.3 Å². The van der Waals surface area contributed by atoms with E-state index in [0.717, 1.165) is 32.2 Å². The molecular weight excluding hydrogens is 384 g/mol. The molecule has 0 saturated carbocycles. The first-order chi connectivity index (χ1) is 14.4. The lowest BCUT2D eigenvalue weighted by Crippen LogP contribution is -2.43. The van der Waals surface area contributed by atoms with Crippen LogP contribution in [0.25, 0.3) is 0 Å². The summed E-state index contributed by atoms with van der Waals surface area (Å²) in [5.74, 6) is 0.104. The summed E-state index contributed by atoms with van der Waals surface area (Å²) in [5, 5.41) is 24.3. The first-order valence-corrected chi connectivity index (χ1v) is 10.8. The molecule has 1 aromatic carbocycles. The lowest BCUT2D eigenvalue weighted by Gasteiger charge is -2.28. The largest absolute Gasteiger partial charge is 0.508 e. The number of nitrogens with one attached hydrogen (secondary N) is 2. The fourth-order valence-electron chi connectivity index (χ4n) is 4.42. The summed E-state index contributed by atoms with van der Waals surface area (Å²) in [5.41, 5.74) is 0.653. The van der Waals surface area contributed by atoms with Crippen LogP contribution >= 0.6 is 0 Å². The van der Waals surface area contributed by atoms with Gasteiger partial charge < -0.3 is 25.6 Å². The van der Waals surface area contributed by atoms with Gasteiger partial charge in [0.05, 0.1) is 18.2 Å². The molecule has 5 atom stereocenters. The van der Waals surface area contributed by atoms with Crippen molar-refractivity contribution in [2.45, 2.75) is 63.7 Å². The number of aromatic hydroxyl groups is 1. The zero-order valence-electron chi connectivity index (χ0n) is 17.4. The lowest BCUT2D eigenvalue weighted by atomic mass is 9.77. The molecule has 0 spiro atoms. The van der Waals surface area contributed by atoms with Crippen LogP contribution in [-0.4, -0.2) is 46.9 Å². The first kappa shape index (κ1) is 22.3. The van der Waals surface area contributed by atoms with Crippen LogP contribution < -0.4 is 10.6 Å². The van der Waals surface area contributed by atoms with Gasteiger partial charge in [-0.15, -0.1) is 0 Å². The van der Waals surface area contributed by atoms with Gasteiger partial charge in [-0.3, -0.25) is 9.59 Å². The summed E-state index contributed by atoms with van der Waals surface area (Å²) in [4.78, 5) is 23.0. The van der Waals surface area contributed by atoms with Gasteiger partial charge >= 0.3 is 5.97 Å². The van der Waals surface area contributed by atoms with Gasteiger partial charge in [-0.1, -0.05) is 12.2 Å². The minimum absolute atomic E-state index is 0.111. The molecule has 1 amide bonds. The molecule has 2 heterocycles. The Bertz CT molecular complexity index is 748. The fraction of sp³-hybridized carbons (Fsp3) is 0.565. The number of hydrogen-bond donors (Lipinski definition) is 4. The van der Waals surface area contributed by atoms with E-state index in [0.29, 0.717) is 23.9 Å². The zero-order valence-corrected chi connectivity index (χ0v) is 17.4. The summed E-state index contributed by atoms with van der Waals surface area (Å²) < 4.78 is 6.13. The number of unbranched alkanes of at least 4 members (excludes halogenated alkanes) is 1. The number of hydrogen-bond acceptors (Lipinski definition) is 5. The van der Waals surface area contributed by atoms with Crippen LogP contribution in [0.4, 0.5) is 5.69 Å². The summed E-state index contributed by atoms with van der Waals surface area (Å²) in [6.45, 7) is 2.57. The standard InChI is InChI=1S/C23H32N2O5/c1-15(23(29)25-16-8-10-17(26)11-9-16)24-14-19-18(20-12-13-21(19)30-20)6-4-2-3-5-7-22(27)28/h2,4,8-11,15,18-21,24,26H,3,5-7,12-14H2,1H3,(H,25,29)(H,27,28)/t15?,18-,19+,20-,21+/m1/s1. The maximum atomic E-state index is 12.4. The van der Waals surface area contributed by atoms with Gasteiger partial charge in [0, 0.05) is 24.6 Å². The summed E-state index contributed by atoms with van der Waals surface area (Å²) in [7, 11) is 0. The predicted octanol–water partition coefficient (Wildman–Crippen LogP) is 3.30. The maximum absolute atomic E-state index is 12.4. The number of benzene rings is 1. The number of carbonyl (C=O) groups excluding carboxylic acids is 1. The van der Waals surface area contributed by atoms with E-state index in [-0.39, 0.29) is 36.3 Å². The molecule has 3 rings (SSSR count). The number of allylic oxidation sites excluding steroid dienone is 2. The summed E-state index contributed by atoms with van der Waals surface area (Å²) in [6.07, 6.45) is 9.51. The van der Waals surface area contributed by atoms with Crippen molar-refractivity contribution in [1.29, 1.82) is 0 Å². The quantitative estimate of drug-likeness (QED) is 0.250. The number of ether oxygens (including phenoxy) is 1. The third-order valence-electron chi connectivity index (χ3n) is 6.11. The Labute approximate surface area is 177 Å². The van der Waals surface area contributed by atoms with Crippen molar-refractivity contribution in [3.63, 3.8) is 0 Å². The van der Waals surface area contributed by atoms with Crippen LogP contribution in [0, 0.1) is 11.8 Å². The fourth-order valence-corrected chi connectivity index (χ4v) is 4.42. The Kier molecular flexibility index (Phi) is 7.87. The highest BCUT2D eigenvalue weighted by atomic mass is 16.5. The van der Waals surface area contributed by atoms with Gasteiger partial charge in [0.25, 0.3) is 0 Å². The monoisotopic (exact) mass is 416 g/mol. The van der Waals surface area contributed by atoms with Crippen LogP contribution in [0.2, 0.25) is 0 Å². The molecule has 1 unspecified atom stereocenters. The smallest absolute Gasteiger partial charge is 0.303 e. The number of amides is 1. The lowest BCUT2D eigenvalue weighted by molar-refractivity contribution is -0.137. The van der Waals surface area contributed by atoms with Gasteiger partial charge in [0.1, 0.15) is 5.75 Å². The van der Waals surface area contributed by atoms with Crippen LogP contribution in [0.15, 0.2) is 36.4 Å². The maximum Gasteiger partial charge on any atom is 0.303 e. The van der Waals surface area contributed by atoms with Gasteiger partial charge in [0.2, 0.25) is 5.91 Å². The number of aliphatic carboxylic acids is 1. The second-order valence-corrected chi connectivity index (χ2v) is 8.28. The van der Waals surface area contributed by atoms with E-state index in [4.69, 9.17) is 9.84 Å². The summed E-state index contributed by atoms with van der Waals surface area (Å²) in [6, 6.07) is 6.08.